The number of hydrogen-bond donors (Lipinski definition) is 1. The van der Waals surface area contributed by atoms with Crippen molar-refractivity contribution in [1.82, 2.24) is 9.88 Å². The van der Waals surface area contributed by atoms with E-state index in [1.807, 2.05) is 23.6 Å². The minimum absolute atomic E-state index is 0.0376. The number of benzene rings is 1. The quantitative estimate of drug-likeness (QED) is 0.359. The average molecular weight is 436 g/mol. The summed E-state index contributed by atoms with van der Waals surface area (Å²) >= 11 is 1.41. The molecule has 0 radical (unpaired) electrons. The van der Waals surface area contributed by atoms with Crippen LogP contribution in [0.15, 0.2) is 65.7 Å². The minimum atomic E-state index is -0.735. The summed E-state index contributed by atoms with van der Waals surface area (Å²) in [6.45, 7) is 0.149. The number of Topliss-reactive ketones (excluding diaryl/α,β-unsaturated/α-hetero) is 1. The van der Waals surface area contributed by atoms with E-state index in [1.54, 1.807) is 36.5 Å². The molecule has 1 unspecified atom stereocenters. The predicted molar refractivity (Wildman–Crippen MR) is 116 cm³/mol. The maximum atomic E-state index is 13.0. The Labute approximate surface area is 183 Å². The third kappa shape index (κ3) is 3.77. The fourth-order valence-electron chi connectivity index (χ4n) is 3.59. The van der Waals surface area contributed by atoms with Gasteiger partial charge in [-0.05, 0) is 41.8 Å². The number of aliphatic hydroxyl groups excluding tert-OH is 1. The van der Waals surface area contributed by atoms with Crippen LogP contribution in [0.4, 0.5) is 0 Å². The van der Waals surface area contributed by atoms with Crippen molar-refractivity contribution in [3.8, 4) is 11.5 Å². The van der Waals surface area contributed by atoms with E-state index in [1.165, 1.54) is 30.5 Å². The summed E-state index contributed by atoms with van der Waals surface area (Å²) in [5.74, 6) is -0.777. The van der Waals surface area contributed by atoms with Gasteiger partial charge in [0.05, 0.1) is 32.0 Å². The largest absolute Gasteiger partial charge is 0.507 e. The van der Waals surface area contributed by atoms with Crippen molar-refractivity contribution in [1.29, 1.82) is 0 Å². The van der Waals surface area contributed by atoms with E-state index in [2.05, 4.69) is 4.98 Å². The van der Waals surface area contributed by atoms with Crippen LogP contribution in [-0.4, -0.2) is 40.9 Å². The maximum Gasteiger partial charge on any atom is 0.296 e. The molecule has 7 nitrogen and oxygen atoms in total. The first-order chi connectivity index (χ1) is 15.0. The normalized spacial score (nSPS) is 17.7. The van der Waals surface area contributed by atoms with Gasteiger partial charge in [-0.15, -0.1) is 11.3 Å². The second-order valence-electron chi connectivity index (χ2n) is 6.83. The number of carbonyl (C=O) groups is 2. The van der Waals surface area contributed by atoms with Gasteiger partial charge in [-0.25, -0.2) is 0 Å². The van der Waals surface area contributed by atoms with E-state index < -0.39 is 17.7 Å². The van der Waals surface area contributed by atoms with Gasteiger partial charge < -0.3 is 19.5 Å². The van der Waals surface area contributed by atoms with Crippen LogP contribution in [0.3, 0.4) is 0 Å². The Morgan fingerprint density at radius 1 is 1.10 bits per heavy atom. The van der Waals surface area contributed by atoms with Crippen LogP contribution < -0.4 is 9.47 Å². The van der Waals surface area contributed by atoms with Crippen LogP contribution in [0, 0.1) is 0 Å². The zero-order valence-corrected chi connectivity index (χ0v) is 17.8. The Kier molecular flexibility index (Phi) is 5.73. The summed E-state index contributed by atoms with van der Waals surface area (Å²) in [7, 11) is 3.00. The molecule has 1 N–H and O–H groups in total. The number of methoxy groups -OCH3 is 2. The fourth-order valence-corrected chi connectivity index (χ4v) is 4.44. The Bertz CT molecular complexity index is 1140. The number of thiophene rings is 1. The van der Waals surface area contributed by atoms with Gasteiger partial charge in [-0.3, -0.25) is 14.6 Å². The summed E-state index contributed by atoms with van der Waals surface area (Å²) < 4.78 is 10.6. The molecule has 8 heteroatoms. The molecule has 31 heavy (non-hydrogen) atoms. The van der Waals surface area contributed by atoms with Gasteiger partial charge in [-0.2, -0.15) is 0 Å². The monoisotopic (exact) mass is 436 g/mol. The first-order valence-electron chi connectivity index (χ1n) is 9.49. The lowest BCUT2D eigenvalue weighted by Gasteiger charge is -2.23. The van der Waals surface area contributed by atoms with Crippen LogP contribution in [0.25, 0.3) is 5.76 Å². The molecule has 1 saturated heterocycles. The Balaban J connectivity index is 1.83. The molecular formula is C23H20N2O5S. The third-order valence-corrected chi connectivity index (χ3v) is 5.99. The third-order valence-electron chi connectivity index (χ3n) is 5.07. The Morgan fingerprint density at radius 2 is 1.90 bits per heavy atom. The maximum absolute atomic E-state index is 13.0. The van der Waals surface area contributed by atoms with Crippen LogP contribution in [0.1, 0.15) is 22.2 Å². The number of rotatable bonds is 6. The molecular weight excluding hydrogens is 416 g/mol. The minimum Gasteiger partial charge on any atom is -0.507 e. The zero-order valence-electron chi connectivity index (χ0n) is 16.9. The van der Waals surface area contributed by atoms with Crippen molar-refractivity contribution in [3.63, 3.8) is 0 Å². The van der Waals surface area contributed by atoms with Gasteiger partial charge in [0.15, 0.2) is 11.5 Å². The second kappa shape index (κ2) is 8.61. The van der Waals surface area contributed by atoms with Crippen LogP contribution in [0.2, 0.25) is 0 Å². The fraction of sp³-hybridized carbons (Fsp3) is 0.174. The summed E-state index contributed by atoms with van der Waals surface area (Å²) in [5.41, 5.74) is 1.04. The van der Waals surface area contributed by atoms with Crippen molar-refractivity contribution in [2.45, 2.75) is 12.6 Å². The van der Waals surface area contributed by atoms with Crippen LogP contribution in [-0.2, 0) is 16.1 Å². The van der Waals surface area contributed by atoms with Gasteiger partial charge in [-0.1, -0.05) is 12.1 Å². The SMILES string of the molecule is COc1ccc(/C(O)=C2/C(=O)C(=O)N(Cc3ccccn3)C2c2cccs2)cc1OC. The van der Waals surface area contributed by atoms with E-state index in [9.17, 15) is 14.7 Å². The number of aromatic nitrogens is 1. The van der Waals surface area contributed by atoms with Crippen molar-refractivity contribution < 1.29 is 24.2 Å². The zero-order chi connectivity index (χ0) is 22.0. The first-order valence-corrected chi connectivity index (χ1v) is 10.4. The van der Waals surface area contributed by atoms with Gasteiger partial charge in [0, 0.05) is 16.6 Å². The summed E-state index contributed by atoms with van der Waals surface area (Å²) in [4.78, 5) is 32.5. The molecule has 0 saturated carbocycles. The first kappa shape index (κ1) is 20.6. The van der Waals surface area contributed by atoms with Crippen LogP contribution >= 0.6 is 11.3 Å². The van der Waals surface area contributed by atoms with E-state index in [0.29, 0.717) is 22.8 Å². The number of ether oxygens (including phenoxy) is 2. The highest BCUT2D eigenvalue weighted by Gasteiger charge is 2.46. The van der Waals surface area contributed by atoms with E-state index in [0.717, 1.165) is 4.88 Å². The van der Waals surface area contributed by atoms with Crippen molar-refractivity contribution in [2.24, 2.45) is 0 Å². The summed E-state index contributed by atoms with van der Waals surface area (Å²) in [6, 6.07) is 13.2. The number of nitrogens with zero attached hydrogens (tertiary/aromatic N) is 2. The highest BCUT2D eigenvalue weighted by atomic mass is 32.1. The number of hydrogen-bond acceptors (Lipinski definition) is 7. The van der Waals surface area contributed by atoms with Gasteiger partial charge in [0.1, 0.15) is 11.8 Å². The number of likely N-dealkylation sites (tertiary alicyclic amines) is 1. The lowest BCUT2D eigenvalue weighted by atomic mass is 9.99. The molecule has 3 aromatic rings. The molecule has 1 aliphatic heterocycles. The molecule has 1 amide bonds. The number of carbonyl (C=O) groups excluding carboxylic acids is 2. The molecule has 4 rings (SSSR count). The average Bonchev–Trinajstić information content (AvgIpc) is 3.41. The topological polar surface area (TPSA) is 89.0 Å². The number of amides is 1. The van der Waals surface area contributed by atoms with Gasteiger partial charge >= 0.3 is 0 Å². The van der Waals surface area contributed by atoms with Crippen molar-refractivity contribution in [2.75, 3.05) is 14.2 Å². The van der Waals surface area contributed by atoms with Crippen molar-refractivity contribution in [3.05, 3.63) is 81.8 Å². The molecule has 0 bridgehead atoms. The molecule has 3 heterocycles. The summed E-state index contributed by atoms with van der Waals surface area (Å²) in [6.07, 6.45) is 1.63. The molecule has 0 spiro atoms. The van der Waals surface area contributed by atoms with E-state index >= 15 is 0 Å². The lowest BCUT2D eigenvalue weighted by Crippen LogP contribution is -2.29. The highest BCUT2D eigenvalue weighted by Crippen LogP contribution is 2.42. The second-order valence-corrected chi connectivity index (χ2v) is 7.81. The molecule has 1 fully saturated rings. The lowest BCUT2D eigenvalue weighted by molar-refractivity contribution is -0.140. The van der Waals surface area contributed by atoms with E-state index in [4.69, 9.17) is 9.47 Å². The smallest absolute Gasteiger partial charge is 0.296 e. The van der Waals surface area contributed by atoms with Crippen molar-refractivity contribution >= 4 is 28.8 Å². The number of pyridine rings is 1. The molecule has 158 valence electrons. The molecule has 1 aliphatic rings. The Hall–Kier alpha value is -3.65. The molecule has 2 aromatic heterocycles. The highest BCUT2D eigenvalue weighted by molar-refractivity contribution is 7.10. The number of aliphatic hydroxyl groups is 1. The van der Waals surface area contributed by atoms with Gasteiger partial charge in [0.25, 0.3) is 11.7 Å². The van der Waals surface area contributed by atoms with Gasteiger partial charge in [0.2, 0.25) is 0 Å². The molecule has 1 atom stereocenters. The predicted octanol–water partition coefficient (Wildman–Crippen LogP) is 3.78. The van der Waals surface area contributed by atoms with E-state index in [-0.39, 0.29) is 17.9 Å². The standard InChI is InChI=1S/C23H20N2O5S/c1-29-16-9-8-14(12-17(16)30-2)21(26)19-20(18-7-5-11-31-18)25(23(28)22(19)27)13-15-6-3-4-10-24-15/h3-12,20,26H,13H2,1-2H3/b21-19-. The summed E-state index contributed by atoms with van der Waals surface area (Å²) in [5, 5.41) is 13.0. The molecule has 0 aliphatic carbocycles. The van der Waals surface area contributed by atoms with Crippen LogP contribution in [0.5, 0.6) is 11.5 Å². The Morgan fingerprint density at radius 3 is 2.55 bits per heavy atom. The number of ketones is 1. The molecule has 1 aromatic carbocycles.